The number of hydrogen-bond donors (Lipinski definition) is 0. The monoisotopic (exact) mass is 246 g/mol. The van der Waals surface area contributed by atoms with Crippen molar-refractivity contribution in [2.24, 2.45) is 0 Å². The fourth-order valence-corrected chi connectivity index (χ4v) is 2.61. The highest BCUT2D eigenvalue weighted by Gasteiger charge is 1.97. The maximum absolute atomic E-state index is 2.18. The zero-order chi connectivity index (χ0) is 11.4. The molecule has 2 aromatic carbocycles. The van der Waals surface area contributed by atoms with E-state index in [0.717, 1.165) is 0 Å². The molecule has 0 radical (unpaired) electrons. The van der Waals surface area contributed by atoms with Crippen molar-refractivity contribution in [2.45, 2.75) is 21.6 Å². The van der Waals surface area contributed by atoms with Crippen LogP contribution in [0.15, 0.2) is 63.2 Å². The molecule has 0 amide bonds. The van der Waals surface area contributed by atoms with E-state index in [4.69, 9.17) is 0 Å². The molecule has 0 N–H and O–H groups in total. The van der Waals surface area contributed by atoms with Gasteiger partial charge in [0.2, 0.25) is 0 Å². The fraction of sp³-hybridized carbons (Fsp3) is 0.143. The van der Waals surface area contributed by atoms with Crippen LogP contribution in [0, 0.1) is 6.92 Å². The average molecular weight is 246 g/mol. The summed E-state index contributed by atoms with van der Waals surface area (Å²) in [7, 11) is 0. The van der Waals surface area contributed by atoms with E-state index in [1.54, 1.807) is 23.5 Å². The Morgan fingerprint density at radius 2 is 1.12 bits per heavy atom. The van der Waals surface area contributed by atoms with Gasteiger partial charge in [0.15, 0.2) is 0 Å². The summed E-state index contributed by atoms with van der Waals surface area (Å²) in [4.78, 5) is 3.90. The van der Waals surface area contributed by atoms with Crippen LogP contribution in [0.1, 0.15) is 5.56 Å². The third-order valence-corrected chi connectivity index (χ3v) is 4.08. The van der Waals surface area contributed by atoms with Crippen LogP contribution in [0.3, 0.4) is 0 Å². The van der Waals surface area contributed by atoms with E-state index in [0.29, 0.717) is 0 Å². The molecule has 0 aliphatic rings. The van der Waals surface area contributed by atoms with E-state index in [1.165, 1.54) is 20.2 Å². The molecular weight excluding hydrogens is 232 g/mol. The summed E-state index contributed by atoms with van der Waals surface area (Å²) in [5.41, 5.74) is 1.31. The maximum Gasteiger partial charge on any atom is 0.0123 e. The molecule has 2 rings (SSSR count). The lowest BCUT2D eigenvalue weighted by Gasteiger charge is -2.03. The van der Waals surface area contributed by atoms with Crippen LogP contribution >= 0.6 is 23.5 Å². The molecule has 0 unspecified atom stereocenters. The highest BCUT2D eigenvalue weighted by molar-refractivity contribution is 7.99. The first-order valence-corrected chi connectivity index (χ1v) is 7.20. The third-order valence-electron chi connectivity index (χ3n) is 2.32. The molecular formula is C14H14S2. The lowest BCUT2D eigenvalue weighted by Crippen LogP contribution is -1.75. The second-order valence-corrected chi connectivity index (χ2v) is 5.62. The van der Waals surface area contributed by atoms with E-state index in [1.807, 2.05) is 0 Å². The molecule has 0 aliphatic heterocycles. The second kappa shape index (κ2) is 5.46. The zero-order valence-corrected chi connectivity index (χ0v) is 11.1. The zero-order valence-electron chi connectivity index (χ0n) is 9.44. The van der Waals surface area contributed by atoms with E-state index in [2.05, 4.69) is 61.7 Å². The van der Waals surface area contributed by atoms with Gasteiger partial charge < -0.3 is 0 Å². The Morgan fingerprint density at radius 1 is 0.688 bits per heavy atom. The van der Waals surface area contributed by atoms with E-state index < -0.39 is 0 Å². The maximum atomic E-state index is 2.18. The van der Waals surface area contributed by atoms with Gasteiger partial charge in [0.1, 0.15) is 0 Å². The highest BCUT2D eigenvalue weighted by Crippen LogP contribution is 2.29. The number of hydrogen-bond acceptors (Lipinski definition) is 2. The van der Waals surface area contributed by atoms with Gasteiger partial charge in [0.05, 0.1) is 0 Å². The van der Waals surface area contributed by atoms with Crippen molar-refractivity contribution >= 4 is 23.5 Å². The van der Waals surface area contributed by atoms with Crippen molar-refractivity contribution in [1.29, 1.82) is 0 Å². The molecule has 16 heavy (non-hydrogen) atoms. The third kappa shape index (κ3) is 3.06. The average Bonchev–Trinajstić information content (AvgIpc) is 2.33. The molecule has 0 aromatic heterocycles. The van der Waals surface area contributed by atoms with Crippen molar-refractivity contribution in [3.63, 3.8) is 0 Å². The molecule has 0 saturated carbocycles. The Morgan fingerprint density at radius 3 is 1.62 bits per heavy atom. The van der Waals surface area contributed by atoms with Crippen molar-refractivity contribution < 1.29 is 0 Å². The first-order valence-electron chi connectivity index (χ1n) is 5.16. The quantitative estimate of drug-likeness (QED) is 0.709. The second-order valence-electron chi connectivity index (χ2n) is 3.59. The van der Waals surface area contributed by atoms with Crippen molar-refractivity contribution in [1.82, 2.24) is 0 Å². The van der Waals surface area contributed by atoms with Gasteiger partial charge >= 0.3 is 0 Å². The van der Waals surface area contributed by atoms with Crippen molar-refractivity contribution in [2.75, 3.05) is 6.26 Å². The summed E-state index contributed by atoms with van der Waals surface area (Å²) in [6, 6.07) is 17.3. The minimum absolute atomic E-state index is 1.29. The highest BCUT2D eigenvalue weighted by atomic mass is 32.2. The van der Waals surface area contributed by atoms with Gasteiger partial charge in [-0.05, 0) is 49.6 Å². The van der Waals surface area contributed by atoms with E-state index >= 15 is 0 Å². The van der Waals surface area contributed by atoms with Crippen LogP contribution in [-0.2, 0) is 0 Å². The molecule has 82 valence electrons. The Kier molecular flexibility index (Phi) is 3.97. The Hall–Kier alpha value is -0.860. The van der Waals surface area contributed by atoms with E-state index in [-0.39, 0.29) is 0 Å². The predicted molar refractivity (Wildman–Crippen MR) is 73.5 cm³/mol. The minimum Gasteiger partial charge on any atom is -0.130 e. The summed E-state index contributed by atoms with van der Waals surface area (Å²) in [5, 5.41) is 0. The van der Waals surface area contributed by atoms with Crippen LogP contribution in [0.2, 0.25) is 0 Å². The Labute approximate surface area is 105 Å². The summed E-state index contributed by atoms with van der Waals surface area (Å²) in [6.07, 6.45) is 2.10. The van der Waals surface area contributed by atoms with Gasteiger partial charge in [0, 0.05) is 14.7 Å². The van der Waals surface area contributed by atoms with Gasteiger partial charge in [-0.2, -0.15) is 0 Å². The van der Waals surface area contributed by atoms with Crippen molar-refractivity contribution in [3.8, 4) is 0 Å². The normalized spacial score (nSPS) is 10.4. The first kappa shape index (κ1) is 11.6. The summed E-state index contributed by atoms with van der Waals surface area (Å²) in [6.45, 7) is 2.11. The van der Waals surface area contributed by atoms with Crippen LogP contribution in [0.4, 0.5) is 0 Å². The number of benzene rings is 2. The predicted octanol–water partition coefficient (Wildman–Crippen LogP) is 4.87. The Balaban J connectivity index is 2.11. The van der Waals surface area contributed by atoms with Gasteiger partial charge in [-0.3, -0.25) is 0 Å². The first-order chi connectivity index (χ1) is 7.78. The lowest BCUT2D eigenvalue weighted by molar-refractivity contribution is 1.33. The van der Waals surface area contributed by atoms with Gasteiger partial charge in [-0.25, -0.2) is 0 Å². The summed E-state index contributed by atoms with van der Waals surface area (Å²) < 4.78 is 0. The van der Waals surface area contributed by atoms with Crippen molar-refractivity contribution in [3.05, 3.63) is 54.1 Å². The van der Waals surface area contributed by atoms with Crippen LogP contribution < -0.4 is 0 Å². The van der Waals surface area contributed by atoms with E-state index in [9.17, 15) is 0 Å². The summed E-state index contributed by atoms with van der Waals surface area (Å²) >= 11 is 3.58. The Bertz CT molecular complexity index is 443. The smallest absolute Gasteiger partial charge is 0.0123 e. The molecule has 0 fully saturated rings. The number of thioether (sulfide) groups is 1. The molecule has 0 heterocycles. The molecule has 0 bridgehead atoms. The molecule has 0 aliphatic carbocycles. The largest absolute Gasteiger partial charge is 0.130 e. The van der Waals surface area contributed by atoms with Gasteiger partial charge in [-0.15, -0.1) is 11.8 Å². The number of aryl methyl sites for hydroxylation is 1. The summed E-state index contributed by atoms with van der Waals surface area (Å²) in [5.74, 6) is 0. The SMILES string of the molecule is CSc1ccc(Sc2ccc(C)cc2)cc1. The van der Waals surface area contributed by atoms with Crippen LogP contribution in [0.25, 0.3) is 0 Å². The number of rotatable bonds is 3. The lowest BCUT2D eigenvalue weighted by atomic mass is 10.2. The van der Waals surface area contributed by atoms with Gasteiger partial charge in [-0.1, -0.05) is 29.5 Å². The molecule has 2 aromatic rings. The molecule has 0 spiro atoms. The molecule has 2 heteroatoms. The standard InChI is InChI=1S/C14H14S2/c1-11-3-5-13(6-4-11)16-14-9-7-12(15-2)8-10-14/h3-10H,1-2H3. The minimum atomic E-state index is 1.29. The molecule has 0 saturated heterocycles. The topological polar surface area (TPSA) is 0 Å². The van der Waals surface area contributed by atoms with Crippen LogP contribution in [0.5, 0.6) is 0 Å². The molecule has 0 nitrogen and oxygen atoms in total. The molecule has 0 atom stereocenters. The fourth-order valence-electron chi connectivity index (χ4n) is 1.39. The van der Waals surface area contributed by atoms with Crippen LogP contribution in [-0.4, -0.2) is 6.26 Å². The van der Waals surface area contributed by atoms with Gasteiger partial charge in [0.25, 0.3) is 0 Å².